The van der Waals surface area contributed by atoms with Crippen LogP contribution in [0.5, 0.6) is 0 Å². The molecule has 0 aliphatic heterocycles. The fraction of sp³-hybridized carbons (Fsp3) is 0.0370. The van der Waals surface area contributed by atoms with Gasteiger partial charge in [0, 0.05) is 5.56 Å². The number of carboxylic acid groups (broad SMARTS) is 4. The maximum atomic E-state index is 13.6. The van der Waals surface area contributed by atoms with E-state index in [0.717, 1.165) is 22.6 Å². The lowest BCUT2D eigenvalue weighted by Gasteiger charge is -1.95. The summed E-state index contributed by atoms with van der Waals surface area (Å²) in [6, 6.07) is 39.0. The predicted octanol–water partition coefficient (Wildman–Crippen LogP) is 12.7. The highest BCUT2D eigenvalue weighted by Crippen LogP contribution is 2.31. The molecular weight excluding hydrogens is 948 g/mol. The quantitative estimate of drug-likeness (QED) is 0.110. The van der Waals surface area contributed by atoms with Crippen LogP contribution in [0.15, 0.2) is 178 Å². The minimum Gasteiger partial charge on any atom is -0.478 e. The van der Waals surface area contributed by atoms with E-state index in [-0.39, 0.29) is 33.7 Å². The second-order valence-corrected chi connectivity index (χ2v) is 15.7. The van der Waals surface area contributed by atoms with E-state index in [1.54, 1.807) is 48.5 Å². The predicted molar refractivity (Wildman–Crippen MR) is 260 cm³/mol. The summed E-state index contributed by atoms with van der Waals surface area (Å²) in [7, 11) is 0. The highest BCUT2D eigenvalue weighted by molar-refractivity contribution is 5.94. The van der Waals surface area contributed by atoms with Crippen LogP contribution >= 0.6 is 0 Å². The summed E-state index contributed by atoms with van der Waals surface area (Å²) in [5.41, 5.74) is 6.57. The maximum absolute atomic E-state index is 13.6. The Labute approximate surface area is 408 Å². The number of oxazole rings is 4. The Hall–Kier alpha value is -10.4. The maximum Gasteiger partial charge on any atom is 0.335 e. The number of aromatic nitrogens is 4. The summed E-state index contributed by atoms with van der Waals surface area (Å²) in [6.45, 7) is 3.68. The van der Waals surface area contributed by atoms with Crippen molar-refractivity contribution in [2.75, 3.05) is 0 Å². The molecule has 0 saturated heterocycles. The Morgan fingerprint density at radius 3 is 1.26 bits per heavy atom. The highest BCUT2D eigenvalue weighted by atomic mass is 19.1. The number of aryl methyl sites for hydroxylation is 2. The molecule has 362 valence electrons. The smallest absolute Gasteiger partial charge is 0.335 e. The van der Waals surface area contributed by atoms with Gasteiger partial charge in [0.15, 0.2) is 28.1 Å². The zero-order chi connectivity index (χ0) is 51.3. The Balaban J connectivity index is 0.000000120. The van der Waals surface area contributed by atoms with Gasteiger partial charge in [-0.2, -0.15) is 0 Å². The Morgan fingerprint density at radius 1 is 0.425 bits per heavy atom. The van der Waals surface area contributed by atoms with E-state index < -0.39 is 29.7 Å². The third kappa shape index (κ3) is 10.6. The van der Waals surface area contributed by atoms with Crippen molar-refractivity contribution in [1.29, 1.82) is 0 Å². The van der Waals surface area contributed by atoms with Crippen molar-refractivity contribution in [2.24, 2.45) is 0 Å². The lowest BCUT2D eigenvalue weighted by atomic mass is 10.2. The third-order valence-electron chi connectivity index (χ3n) is 10.7. The van der Waals surface area contributed by atoms with Crippen molar-refractivity contribution in [3.05, 3.63) is 191 Å². The molecule has 0 radical (unpaired) electrons. The number of carbonyl (C=O) groups is 4. The normalized spacial score (nSPS) is 10.8. The fourth-order valence-corrected chi connectivity index (χ4v) is 7.15. The van der Waals surface area contributed by atoms with Gasteiger partial charge in [-0.1, -0.05) is 30.3 Å². The fourth-order valence-electron chi connectivity index (χ4n) is 7.15. The number of nitrogens with zero attached hydrogens (tertiary/aromatic N) is 4. The molecular formula is C54H35FN4O14. The molecule has 0 amide bonds. The van der Waals surface area contributed by atoms with Gasteiger partial charge in [-0.15, -0.1) is 0 Å². The van der Waals surface area contributed by atoms with Crippen LogP contribution in [-0.4, -0.2) is 64.2 Å². The number of furan rings is 2. The monoisotopic (exact) mass is 982 g/mol. The molecule has 0 fully saturated rings. The van der Waals surface area contributed by atoms with E-state index in [1.807, 2.05) is 50.2 Å². The lowest BCUT2D eigenvalue weighted by Crippen LogP contribution is -1.94. The van der Waals surface area contributed by atoms with Gasteiger partial charge in [-0.3, -0.25) is 0 Å². The lowest BCUT2D eigenvalue weighted by molar-refractivity contribution is 0.0686. The second kappa shape index (κ2) is 20.3. The van der Waals surface area contributed by atoms with Crippen molar-refractivity contribution in [3.63, 3.8) is 0 Å². The molecule has 0 aliphatic carbocycles. The summed E-state index contributed by atoms with van der Waals surface area (Å²) in [6.07, 6.45) is 1.52. The number of fused-ring (bicyclic) bond motifs is 4. The molecule has 12 aromatic rings. The van der Waals surface area contributed by atoms with E-state index in [9.17, 15) is 23.6 Å². The van der Waals surface area contributed by atoms with Gasteiger partial charge >= 0.3 is 23.9 Å². The second-order valence-electron chi connectivity index (χ2n) is 15.7. The molecule has 0 atom stereocenters. The van der Waals surface area contributed by atoms with Gasteiger partial charge in [0.1, 0.15) is 39.4 Å². The van der Waals surface area contributed by atoms with Gasteiger partial charge in [-0.05, 0) is 129 Å². The van der Waals surface area contributed by atoms with E-state index in [1.165, 1.54) is 66.9 Å². The zero-order valence-corrected chi connectivity index (χ0v) is 38.0. The van der Waals surface area contributed by atoms with Crippen molar-refractivity contribution >= 4 is 68.3 Å². The first-order valence-corrected chi connectivity index (χ1v) is 21.6. The molecule has 6 aromatic carbocycles. The van der Waals surface area contributed by atoms with Crippen LogP contribution in [0.4, 0.5) is 4.39 Å². The van der Waals surface area contributed by atoms with Crippen LogP contribution in [0.25, 0.3) is 90.4 Å². The van der Waals surface area contributed by atoms with Crippen molar-refractivity contribution in [1.82, 2.24) is 19.9 Å². The Morgan fingerprint density at radius 2 is 0.836 bits per heavy atom. The zero-order valence-electron chi connectivity index (χ0n) is 38.0. The van der Waals surface area contributed by atoms with Crippen molar-refractivity contribution in [3.8, 4) is 46.0 Å². The number of rotatable bonds is 8. The Kier molecular flexibility index (Phi) is 13.2. The van der Waals surface area contributed by atoms with Gasteiger partial charge in [0.25, 0.3) is 5.89 Å². The SMILES string of the molecule is Cc1cc(-c2nc3ccc(C(=O)O)cc3o2)c(C)o1.O=C(O)c1ccc2nc(-c3ccccc3)oc2c1.O=C(O)c1ccc2nc(-c3ccccc3F)oc2c1.O=C(O)c1ccc2nc(-c3ccco3)oc2c1. The Bertz CT molecular complexity index is 4000. The van der Waals surface area contributed by atoms with Crippen molar-refractivity contribution < 1.29 is 70.5 Å². The summed E-state index contributed by atoms with van der Waals surface area (Å²) >= 11 is 0. The average Bonchev–Trinajstić information content (AvgIpc) is 4.26. The van der Waals surface area contributed by atoms with E-state index >= 15 is 0 Å². The third-order valence-corrected chi connectivity index (χ3v) is 10.7. The van der Waals surface area contributed by atoms with Crippen LogP contribution in [0.1, 0.15) is 53.0 Å². The first-order chi connectivity index (χ1) is 35.2. The summed E-state index contributed by atoms with van der Waals surface area (Å²) in [4.78, 5) is 60.4. The van der Waals surface area contributed by atoms with Crippen LogP contribution in [0.3, 0.4) is 0 Å². The minimum atomic E-state index is -1.05. The molecule has 0 bridgehead atoms. The first kappa shape index (κ1) is 47.6. The number of aromatic carboxylic acids is 4. The molecule has 18 nitrogen and oxygen atoms in total. The number of halogens is 1. The van der Waals surface area contributed by atoms with E-state index in [2.05, 4.69) is 19.9 Å². The highest BCUT2D eigenvalue weighted by Gasteiger charge is 2.18. The number of hydrogen-bond donors (Lipinski definition) is 4. The van der Waals surface area contributed by atoms with Crippen molar-refractivity contribution in [2.45, 2.75) is 13.8 Å². The number of hydrogen-bond acceptors (Lipinski definition) is 14. The first-order valence-electron chi connectivity index (χ1n) is 21.6. The van der Waals surface area contributed by atoms with Gasteiger partial charge in [-0.25, -0.2) is 43.5 Å². The molecule has 6 aromatic heterocycles. The summed E-state index contributed by atoms with van der Waals surface area (Å²) < 4.78 is 46.2. The molecule has 12 rings (SSSR count). The van der Waals surface area contributed by atoms with Crippen LogP contribution in [0.2, 0.25) is 0 Å². The van der Waals surface area contributed by atoms with Crippen LogP contribution in [0, 0.1) is 19.7 Å². The largest absolute Gasteiger partial charge is 0.478 e. The average molecular weight is 983 g/mol. The molecule has 6 heterocycles. The standard InChI is InChI=1S/C14H8FNO3.C14H11NO4.C14H9NO3.C12H7NO4/c15-10-4-2-1-3-9(10)13-16-11-6-5-8(14(17)18)7-12(11)19-13;1-7-5-10(8(2)18-7)13-15-11-4-3-9(14(16)17)6-12(11)19-13;16-14(17)10-6-7-11-12(8-10)18-13(15-11)9-4-2-1-3-5-9;14-12(15)7-3-4-8-10(6-7)17-11(13-8)9-2-1-5-16-9/h1-7H,(H,17,18);3-6H,1-2H3,(H,16,17);1-8H,(H,16,17);1-6H,(H,14,15). The minimum absolute atomic E-state index is 0.101. The van der Waals surface area contributed by atoms with Crippen LogP contribution in [-0.2, 0) is 0 Å². The number of benzene rings is 6. The van der Waals surface area contributed by atoms with Gasteiger partial charge in [0.05, 0.1) is 39.6 Å². The molecule has 19 heteroatoms. The molecule has 4 N–H and O–H groups in total. The van der Waals surface area contributed by atoms with Gasteiger partial charge in [0.2, 0.25) is 17.7 Å². The van der Waals surface area contributed by atoms with E-state index in [4.69, 9.17) is 46.9 Å². The molecule has 0 saturated carbocycles. The summed E-state index contributed by atoms with van der Waals surface area (Å²) in [5, 5.41) is 35.6. The summed E-state index contributed by atoms with van der Waals surface area (Å²) in [5.74, 6) is -1.03. The van der Waals surface area contributed by atoms with E-state index in [0.29, 0.717) is 67.8 Å². The van der Waals surface area contributed by atoms with Crippen LogP contribution < -0.4 is 0 Å². The molecule has 0 spiro atoms. The number of carboxylic acids is 4. The molecule has 0 unspecified atom stereocenters. The molecule has 73 heavy (non-hydrogen) atoms. The molecule has 0 aliphatic rings. The van der Waals surface area contributed by atoms with Gasteiger partial charge < -0.3 is 46.9 Å². The topological polar surface area (TPSA) is 280 Å².